The minimum absolute atomic E-state index is 0.0428. The van der Waals surface area contributed by atoms with Crippen molar-refractivity contribution in [1.82, 2.24) is 10.2 Å². The average Bonchev–Trinajstić information content (AvgIpc) is 2.99. The molecule has 0 spiro atoms. The second-order valence-corrected chi connectivity index (χ2v) is 8.45. The topological polar surface area (TPSA) is 49.4 Å². The van der Waals surface area contributed by atoms with Gasteiger partial charge in [0.05, 0.1) is 5.92 Å². The van der Waals surface area contributed by atoms with Gasteiger partial charge in [-0.15, -0.1) is 0 Å². The number of likely N-dealkylation sites (tertiary alicyclic amines) is 1. The molecule has 2 unspecified atom stereocenters. The van der Waals surface area contributed by atoms with Crippen molar-refractivity contribution in [3.05, 3.63) is 35.6 Å². The Bertz CT molecular complexity index is 639. The van der Waals surface area contributed by atoms with Gasteiger partial charge in [0.25, 0.3) is 0 Å². The van der Waals surface area contributed by atoms with Crippen LogP contribution in [-0.2, 0) is 9.59 Å². The van der Waals surface area contributed by atoms with Gasteiger partial charge in [-0.3, -0.25) is 9.59 Å². The maximum absolute atomic E-state index is 13.7. The number of hydrogen-bond acceptors (Lipinski definition) is 2. The molecule has 4 nitrogen and oxygen atoms in total. The van der Waals surface area contributed by atoms with Gasteiger partial charge in [-0.25, -0.2) is 4.39 Å². The molecule has 1 aliphatic rings. The zero-order chi connectivity index (χ0) is 19.3. The van der Waals surface area contributed by atoms with E-state index in [2.05, 4.69) is 12.2 Å². The number of nitrogens with one attached hydrogen (secondary N) is 1. The fourth-order valence-corrected chi connectivity index (χ4v) is 3.43. The molecule has 2 amide bonds. The number of nitrogens with zero attached hydrogens (tertiary/aromatic N) is 1. The molecule has 144 valence electrons. The van der Waals surface area contributed by atoms with E-state index in [1.807, 2.05) is 26.8 Å². The first-order chi connectivity index (χ1) is 12.2. The standard InChI is InChI=1S/C21H31FN2O2/c1-5-6-10-23-20(26)18-14-24(19(25)12-21(2,3)4)13-17(18)15-8-7-9-16(22)11-15/h7-9,11,17-18H,5-6,10,12-14H2,1-4H3,(H,23,26). The summed E-state index contributed by atoms with van der Waals surface area (Å²) in [6.07, 6.45) is 2.37. The Morgan fingerprint density at radius 1 is 1.27 bits per heavy atom. The minimum Gasteiger partial charge on any atom is -0.356 e. The number of rotatable bonds is 6. The van der Waals surface area contributed by atoms with Crippen molar-refractivity contribution in [2.24, 2.45) is 11.3 Å². The van der Waals surface area contributed by atoms with E-state index in [1.165, 1.54) is 12.1 Å². The van der Waals surface area contributed by atoms with E-state index in [0.29, 0.717) is 26.1 Å². The summed E-state index contributed by atoms with van der Waals surface area (Å²) in [6, 6.07) is 6.39. The number of hydrogen-bond donors (Lipinski definition) is 1. The quantitative estimate of drug-likeness (QED) is 0.784. The van der Waals surface area contributed by atoms with Crippen LogP contribution in [0.25, 0.3) is 0 Å². The molecule has 0 bridgehead atoms. The van der Waals surface area contributed by atoms with Crippen molar-refractivity contribution in [2.45, 2.75) is 52.9 Å². The fourth-order valence-electron chi connectivity index (χ4n) is 3.43. The van der Waals surface area contributed by atoms with Crippen LogP contribution in [0.1, 0.15) is 58.4 Å². The lowest BCUT2D eigenvalue weighted by Gasteiger charge is -2.23. The van der Waals surface area contributed by atoms with Crippen molar-refractivity contribution in [1.29, 1.82) is 0 Å². The molecule has 2 atom stereocenters. The first-order valence-corrected chi connectivity index (χ1v) is 9.52. The fraction of sp³-hybridized carbons (Fsp3) is 0.619. The molecule has 0 aromatic heterocycles. The number of halogens is 1. The minimum atomic E-state index is -0.336. The van der Waals surface area contributed by atoms with Gasteiger partial charge in [-0.1, -0.05) is 46.2 Å². The van der Waals surface area contributed by atoms with Crippen LogP contribution >= 0.6 is 0 Å². The number of unbranched alkanes of at least 4 members (excludes halogenated alkanes) is 1. The summed E-state index contributed by atoms with van der Waals surface area (Å²) < 4.78 is 13.7. The first-order valence-electron chi connectivity index (χ1n) is 9.52. The van der Waals surface area contributed by atoms with E-state index in [0.717, 1.165) is 18.4 Å². The van der Waals surface area contributed by atoms with Crippen molar-refractivity contribution in [3.63, 3.8) is 0 Å². The van der Waals surface area contributed by atoms with Crippen molar-refractivity contribution >= 4 is 11.8 Å². The zero-order valence-electron chi connectivity index (χ0n) is 16.3. The van der Waals surface area contributed by atoms with Crippen LogP contribution in [0.2, 0.25) is 0 Å². The molecule has 1 heterocycles. The van der Waals surface area contributed by atoms with Crippen LogP contribution < -0.4 is 5.32 Å². The third-order valence-electron chi connectivity index (χ3n) is 4.80. The predicted molar refractivity (Wildman–Crippen MR) is 101 cm³/mol. The smallest absolute Gasteiger partial charge is 0.225 e. The Morgan fingerprint density at radius 3 is 2.62 bits per heavy atom. The molecule has 26 heavy (non-hydrogen) atoms. The molecule has 5 heteroatoms. The van der Waals surface area contributed by atoms with Crippen LogP contribution in [0.15, 0.2) is 24.3 Å². The van der Waals surface area contributed by atoms with E-state index in [4.69, 9.17) is 0 Å². The van der Waals surface area contributed by atoms with Crippen LogP contribution in [0.3, 0.4) is 0 Å². The van der Waals surface area contributed by atoms with Gasteiger partial charge in [0.15, 0.2) is 0 Å². The Balaban J connectivity index is 2.18. The summed E-state index contributed by atoms with van der Waals surface area (Å²) in [6.45, 7) is 9.65. The zero-order valence-corrected chi connectivity index (χ0v) is 16.3. The van der Waals surface area contributed by atoms with Crippen LogP contribution in [-0.4, -0.2) is 36.3 Å². The molecule has 1 aromatic rings. The lowest BCUT2D eigenvalue weighted by atomic mass is 9.88. The summed E-state index contributed by atoms with van der Waals surface area (Å²) in [4.78, 5) is 27.1. The van der Waals surface area contributed by atoms with Gasteiger partial charge in [-0.05, 0) is 29.5 Å². The molecular weight excluding hydrogens is 331 g/mol. The van der Waals surface area contributed by atoms with Gasteiger partial charge < -0.3 is 10.2 Å². The van der Waals surface area contributed by atoms with Gasteiger partial charge in [0.1, 0.15) is 5.82 Å². The highest BCUT2D eigenvalue weighted by Crippen LogP contribution is 2.34. The molecule has 0 saturated carbocycles. The maximum Gasteiger partial charge on any atom is 0.225 e. The molecule has 2 rings (SSSR count). The number of carbonyl (C=O) groups is 2. The highest BCUT2D eigenvalue weighted by atomic mass is 19.1. The molecule has 1 aliphatic heterocycles. The predicted octanol–water partition coefficient (Wildman–Crippen LogP) is 3.72. The summed E-state index contributed by atoms with van der Waals surface area (Å²) in [5.41, 5.74) is 0.680. The Hall–Kier alpha value is -1.91. The monoisotopic (exact) mass is 362 g/mol. The van der Waals surface area contributed by atoms with Gasteiger partial charge in [0, 0.05) is 32.0 Å². The number of benzene rings is 1. The van der Waals surface area contributed by atoms with Crippen molar-refractivity contribution in [2.75, 3.05) is 19.6 Å². The third kappa shape index (κ3) is 5.55. The molecule has 1 saturated heterocycles. The van der Waals surface area contributed by atoms with Crippen LogP contribution in [0, 0.1) is 17.2 Å². The maximum atomic E-state index is 13.7. The molecule has 1 aromatic carbocycles. The van der Waals surface area contributed by atoms with Gasteiger partial charge in [-0.2, -0.15) is 0 Å². The first kappa shape index (κ1) is 20.4. The summed E-state index contributed by atoms with van der Waals surface area (Å²) in [5, 5.41) is 2.98. The lowest BCUT2D eigenvalue weighted by Crippen LogP contribution is -2.36. The summed E-state index contributed by atoms with van der Waals surface area (Å²) in [7, 11) is 0. The number of carbonyl (C=O) groups excluding carboxylic acids is 2. The van der Waals surface area contributed by atoms with Crippen LogP contribution in [0.5, 0.6) is 0 Å². The molecule has 0 radical (unpaired) electrons. The second kappa shape index (κ2) is 8.65. The molecule has 0 aliphatic carbocycles. The van der Waals surface area contributed by atoms with Gasteiger partial charge >= 0.3 is 0 Å². The largest absolute Gasteiger partial charge is 0.356 e. The molecular formula is C21H31FN2O2. The van der Waals surface area contributed by atoms with Crippen LogP contribution in [0.4, 0.5) is 4.39 Å². The van der Waals surface area contributed by atoms with Crippen molar-refractivity contribution in [3.8, 4) is 0 Å². The highest BCUT2D eigenvalue weighted by molar-refractivity contribution is 5.83. The third-order valence-corrected chi connectivity index (χ3v) is 4.80. The van der Waals surface area contributed by atoms with E-state index < -0.39 is 0 Å². The Labute approximate surface area is 156 Å². The molecule has 1 N–H and O–H groups in total. The Morgan fingerprint density at radius 2 is 2.00 bits per heavy atom. The van der Waals surface area contributed by atoms with E-state index >= 15 is 0 Å². The summed E-state index contributed by atoms with van der Waals surface area (Å²) in [5.74, 6) is -0.803. The van der Waals surface area contributed by atoms with E-state index in [-0.39, 0.29) is 34.9 Å². The van der Waals surface area contributed by atoms with Crippen molar-refractivity contribution < 1.29 is 14.0 Å². The normalized spacial score (nSPS) is 20.3. The van der Waals surface area contributed by atoms with E-state index in [9.17, 15) is 14.0 Å². The number of amides is 2. The second-order valence-electron chi connectivity index (χ2n) is 8.45. The van der Waals surface area contributed by atoms with Gasteiger partial charge in [0.2, 0.25) is 11.8 Å². The summed E-state index contributed by atoms with van der Waals surface area (Å²) >= 11 is 0. The Kier molecular flexibility index (Phi) is 6.79. The average molecular weight is 362 g/mol. The highest BCUT2D eigenvalue weighted by Gasteiger charge is 2.40. The lowest BCUT2D eigenvalue weighted by molar-refractivity contribution is -0.132. The molecule has 1 fully saturated rings. The van der Waals surface area contributed by atoms with E-state index in [1.54, 1.807) is 11.0 Å². The SMILES string of the molecule is CCCCNC(=O)C1CN(C(=O)CC(C)(C)C)CC1c1cccc(F)c1.